The van der Waals surface area contributed by atoms with E-state index in [-0.39, 0.29) is 25.4 Å². The van der Waals surface area contributed by atoms with E-state index in [2.05, 4.69) is 11.3 Å². The van der Waals surface area contributed by atoms with Crippen molar-refractivity contribution in [2.75, 3.05) is 19.0 Å². The molecular weight excluding hydrogens is 196 g/mol. The highest BCUT2D eigenvalue weighted by molar-refractivity contribution is 7.94. The minimum atomic E-state index is -3.34. The number of carbonyl (C=O) groups excluding carboxylic acids is 1. The summed E-state index contributed by atoms with van der Waals surface area (Å²) in [6.45, 7) is 2.72. The van der Waals surface area contributed by atoms with Crippen molar-refractivity contribution < 1.29 is 23.1 Å². The van der Waals surface area contributed by atoms with Crippen LogP contribution in [-0.2, 0) is 19.4 Å². The lowest BCUT2D eigenvalue weighted by Gasteiger charge is -2.01. The van der Waals surface area contributed by atoms with Crippen LogP contribution in [-0.4, -0.2) is 38.5 Å². The van der Waals surface area contributed by atoms with Crippen molar-refractivity contribution in [2.45, 2.75) is 6.42 Å². The molecule has 5 nitrogen and oxygen atoms in total. The van der Waals surface area contributed by atoms with Crippen molar-refractivity contribution in [3.8, 4) is 0 Å². The zero-order valence-electron chi connectivity index (χ0n) is 7.10. The molecule has 76 valence electrons. The quantitative estimate of drug-likeness (QED) is 0.593. The van der Waals surface area contributed by atoms with Gasteiger partial charge in [0, 0.05) is 5.41 Å². The Bertz CT molecular complexity index is 267. The molecule has 0 saturated heterocycles. The zero-order valence-corrected chi connectivity index (χ0v) is 7.92. The number of sulfone groups is 1. The lowest BCUT2D eigenvalue weighted by Crippen LogP contribution is -2.13. The molecule has 0 radical (unpaired) electrons. The van der Waals surface area contributed by atoms with Crippen molar-refractivity contribution in [1.29, 1.82) is 0 Å². The molecule has 1 N–H and O–H groups in total. The summed E-state index contributed by atoms with van der Waals surface area (Å²) < 4.78 is 26.0. The molecule has 0 aromatic rings. The van der Waals surface area contributed by atoms with E-state index in [4.69, 9.17) is 5.11 Å². The molecule has 0 spiro atoms. The third-order valence-corrected chi connectivity index (χ3v) is 2.48. The standard InChI is InChI=1S/C7H12O5S/c1-2-13(10,11)6-3-7(9)12-5-4-8/h2,8H,1,3-6H2. The summed E-state index contributed by atoms with van der Waals surface area (Å²) in [7, 11) is -3.34. The van der Waals surface area contributed by atoms with Gasteiger partial charge in [-0.25, -0.2) is 8.42 Å². The molecule has 0 aromatic heterocycles. The van der Waals surface area contributed by atoms with Gasteiger partial charge in [0.1, 0.15) is 6.61 Å². The van der Waals surface area contributed by atoms with Gasteiger partial charge in [0.05, 0.1) is 18.8 Å². The maximum Gasteiger partial charge on any atom is 0.306 e. The Hall–Kier alpha value is -0.880. The zero-order chi connectivity index (χ0) is 10.3. The number of carbonyl (C=O) groups is 1. The highest BCUT2D eigenvalue weighted by atomic mass is 32.2. The second kappa shape index (κ2) is 5.71. The van der Waals surface area contributed by atoms with Crippen molar-refractivity contribution >= 4 is 15.8 Å². The smallest absolute Gasteiger partial charge is 0.306 e. The second-order valence-corrected chi connectivity index (χ2v) is 4.30. The summed E-state index contributed by atoms with van der Waals surface area (Å²) in [6.07, 6.45) is -0.214. The van der Waals surface area contributed by atoms with E-state index in [1.165, 1.54) is 0 Å². The molecule has 13 heavy (non-hydrogen) atoms. The Morgan fingerprint density at radius 3 is 2.62 bits per heavy atom. The minimum absolute atomic E-state index is 0.104. The number of aliphatic hydroxyl groups excluding tert-OH is 1. The molecule has 0 aromatic carbocycles. The number of rotatable bonds is 6. The van der Waals surface area contributed by atoms with E-state index in [9.17, 15) is 13.2 Å². The Kier molecular flexibility index (Phi) is 5.33. The van der Waals surface area contributed by atoms with Crippen molar-refractivity contribution in [1.82, 2.24) is 0 Å². The first-order valence-electron chi connectivity index (χ1n) is 3.63. The van der Waals surface area contributed by atoms with E-state index < -0.39 is 15.8 Å². The molecule has 0 aliphatic rings. The van der Waals surface area contributed by atoms with Crippen LogP contribution in [0, 0.1) is 0 Å². The Morgan fingerprint density at radius 1 is 1.54 bits per heavy atom. The van der Waals surface area contributed by atoms with E-state index in [1.807, 2.05) is 0 Å². The Morgan fingerprint density at radius 2 is 2.15 bits per heavy atom. The van der Waals surface area contributed by atoms with Gasteiger partial charge in [-0.15, -0.1) is 0 Å². The monoisotopic (exact) mass is 208 g/mol. The van der Waals surface area contributed by atoms with Crippen LogP contribution >= 0.6 is 0 Å². The van der Waals surface area contributed by atoms with Crippen molar-refractivity contribution in [2.24, 2.45) is 0 Å². The van der Waals surface area contributed by atoms with Crippen LogP contribution in [0.2, 0.25) is 0 Å². The van der Waals surface area contributed by atoms with Crippen LogP contribution in [0.25, 0.3) is 0 Å². The van der Waals surface area contributed by atoms with E-state index in [1.54, 1.807) is 0 Å². The van der Waals surface area contributed by atoms with Crippen LogP contribution in [0.5, 0.6) is 0 Å². The first-order chi connectivity index (χ1) is 6.02. The van der Waals surface area contributed by atoms with Gasteiger partial charge in [-0.1, -0.05) is 6.58 Å². The lowest BCUT2D eigenvalue weighted by molar-refractivity contribution is -0.144. The fourth-order valence-corrected chi connectivity index (χ4v) is 1.16. The molecule has 0 aliphatic heterocycles. The number of ether oxygens (including phenoxy) is 1. The third kappa shape index (κ3) is 6.30. The molecule has 0 bridgehead atoms. The van der Waals surface area contributed by atoms with Gasteiger partial charge in [0.15, 0.2) is 9.84 Å². The summed E-state index contributed by atoms with van der Waals surface area (Å²) in [4.78, 5) is 10.7. The van der Waals surface area contributed by atoms with Gasteiger partial charge in [-0.2, -0.15) is 0 Å². The van der Waals surface area contributed by atoms with Crippen molar-refractivity contribution in [3.63, 3.8) is 0 Å². The number of hydrogen-bond acceptors (Lipinski definition) is 5. The minimum Gasteiger partial charge on any atom is -0.463 e. The predicted molar refractivity (Wildman–Crippen MR) is 46.6 cm³/mol. The molecular formula is C7H12O5S. The fourth-order valence-electron chi connectivity index (χ4n) is 0.541. The molecule has 0 heterocycles. The summed E-state index contributed by atoms with van der Waals surface area (Å²) in [5.41, 5.74) is 0. The van der Waals surface area contributed by atoms with E-state index >= 15 is 0 Å². The number of aliphatic hydroxyl groups is 1. The molecule has 0 unspecified atom stereocenters. The topological polar surface area (TPSA) is 80.7 Å². The molecule has 0 saturated carbocycles. The number of hydrogen-bond donors (Lipinski definition) is 1. The predicted octanol–water partition coefficient (Wildman–Crippen LogP) is -0.530. The Balaban J connectivity index is 3.77. The first-order valence-corrected chi connectivity index (χ1v) is 5.35. The van der Waals surface area contributed by atoms with Crippen LogP contribution in [0.15, 0.2) is 12.0 Å². The molecule has 6 heteroatoms. The van der Waals surface area contributed by atoms with Crippen LogP contribution in [0.4, 0.5) is 0 Å². The highest BCUT2D eigenvalue weighted by Gasteiger charge is 2.09. The third-order valence-electron chi connectivity index (χ3n) is 1.20. The summed E-state index contributed by atoms with van der Waals surface area (Å²) >= 11 is 0. The van der Waals surface area contributed by atoms with Crippen LogP contribution in [0.3, 0.4) is 0 Å². The fraction of sp³-hybridized carbons (Fsp3) is 0.571. The molecule has 0 amide bonds. The van der Waals surface area contributed by atoms with Crippen LogP contribution < -0.4 is 0 Å². The lowest BCUT2D eigenvalue weighted by atomic mass is 10.5. The average Bonchev–Trinajstić information content (AvgIpc) is 2.11. The highest BCUT2D eigenvalue weighted by Crippen LogP contribution is 1.96. The van der Waals surface area contributed by atoms with Gasteiger partial charge in [-0.3, -0.25) is 4.79 Å². The van der Waals surface area contributed by atoms with Gasteiger partial charge >= 0.3 is 5.97 Å². The molecule has 0 aliphatic carbocycles. The molecule has 0 fully saturated rings. The summed E-state index contributed by atoms with van der Waals surface area (Å²) in [5.74, 6) is -0.944. The first kappa shape index (κ1) is 12.1. The van der Waals surface area contributed by atoms with Gasteiger partial charge in [0.25, 0.3) is 0 Å². The maximum atomic E-state index is 10.8. The Labute approximate surface area is 76.9 Å². The normalized spacial score (nSPS) is 10.8. The van der Waals surface area contributed by atoms with E-state index in [0.717, 1.165) is 5.41 Å². The summed E-state index contributed by atoms with van der Waals surface area (Å²) in [6, 6.07) is 0. The second-order valence-electron chi connectivity index (χ2n) is 2.23. The van der Waals surface area contributed by atoms with Crippen molar-refractivity contribution in [3.05, 3.63) is 12.0 Å². The molecule has 0 rings (SSSR count). The van der Waals surface area contributed by atoms with E-state index in [0.29, 0.717) is 0 Å². The van der Waals surface area contributed by atoms with Gasteiger partial charge in [0.2, 0.25) is 0 Å². The van der Waals surface area contributed by atoms with Gasteiger partial charge in [-0.05, 0) is 0 Å². The number of esters is 1. The SMILES string of the molecule is C=CS(=O)(=O)CCC(=O)OCCO. The summed E-state index contributed by atoms with van der Waals surface area (Å²) in [5, 5.41) is 9.08. The molecule has 0 atom stereocenters. The largest absolute Gasteiger partial charge is 0.463 e. The van der Waals surface area contributed by atoms with Crippen LogP contribution in [0.1, 0.15) is 6.42 Å². The maximum absolute atomic E-state index is 10.8. The van der Waals surface area contributed by atoms with Gasteiger partial charge < -0.3 is 9.84 Å². The average molecular weight is 208 g/mol.